The lowest BCUT2D eigenvalue weighted by Gasteiger charge is -2.21. The van der Waals surface area contributed by atoms with Crippen molar-refractivity contribution in [3.63, 3.8) is 0 Å². The van der Waals surface area contributed by atoms with Crippen LogP contribution in [0, 0.1) is 17.1 Å². The fourth-order valence-corrected chi connectivity index (χ4v) is 3.55. The van der Waals surface area contributed by atoms with E-state index >= 15 is 0 Å². The van der Waals surface area contributed by atoms with Gasteiger partial charge in [-0.2, -0.15) is 5.26 Å². The lowest BCUT2D eigenvalue weighted by Crippen LogP contribution is -2.23. The highest BCUT2D eigenvalue weighted by Crippen LogP contribution is 2.30. The molecule has 0 saturated heterocycles. The smallest absolute Gasteiger partial charge is 0.214 e. The van der Waals surface area contributed by atoms with Crippen molar-refractivity contribution in [2.24, 2.45) is 0 Å². The minimum atomic E-state index is -0.289. The van der Waals surface area contributed by atoms with E-state index in [1.165, 1.54) is 17.0 Å². The van der Waals surface area contributed by atoms with Crippen LogP contribution in [0.4, 0.5) is 15.9 Å². The van der Waals surface area contributed by atoms with Crippen molar-refractivity contribution in [1.82, 2.24) is 15.0 Å². The second kappa shape index (κ2) is 10.8. The van der Waals surface area contributed by atoms with Crippen LogP contribution in [-0.4, -0.2) is 27.9 Å². The molecule has 0 atom stereocenters. The molecule has 0 aliphatic rings. The van der Waals surface area contributed by atoms with Gasteiger partial charge in [0.1, 0.15) is 5.82 Å². The van der Waals surface area contributed by atoms with E-state index in [1.807, 2.05) is 18.2 Å². The Morgan fingerprint density at radius 1 is 1.09 bits per heavy atom. The number of halogens is 1. The van der Waals surface area contributed by atoms with Crippen LogP contribution in [0.25, 0.3) is 11.3 Å². The first-order chi connectivity index (χ1) is 16.7. The Morgan fingerprint density at radius 3 is 2.74 bits per heavy atom. The van der Waals surface area contributed by atoms with Crippen molar-refractivity contribution in [3.8, 4) is 17.3 Å². The van der Waals surface area contributed by atoms with Crippen molar-refractivity contribution in [2.45, 2.75) is 13.0 Å². The van der Waals surface area contributed by atoms with Gasteiger partial charge >= 0.3 is 0 Å². The Bertz CT molecular complexity index is 1320. The van der Waals surface area contributed by atoms with Gasteiger partial charge in [-0.3, -0.25) is 14.8 Å². The summed E-state index contributed by atoms with van der Waals surface area (Å²) in [7, 11) is 0. The van der Waals surface area contributed by atoms with Gasteiger partial charge in [-0.15, -0.1) is 0 Å². The molecule has 0 bridgehead atoms. The highest BCUT2D eigenvalue weighted by molar-refractivity contribution is 5.83. The standard InChI is InChI=1S/C26H21FN6O/c27-21-6-3-4-19(14-21)10-11-31-26-25(33(18-34)17-22-16-29-12-13-30-22)9-8-24(32-26)23-7-2-1-5-20(23)15-28/h1-9,12-14,16,18H,10-11,17H2,(H,31,32). The summed E-state index contributed by atoms with van der Waals surface area (Å²) in [4.78, 5) is 26.5. The highest BCUT2D eigenvalue weighted by Gasteiger charge is 2.16. The fourth-order valence-electron chi connectivity index (χ4n) is 3.55. The van der Waals surface area contributed by atoms with Crippen LogP contribution >= 0.6 is 0 Å². The van der Waals surface area contributed by atoms with E-state index in [0.717, 1.165) is 5.56 Å². The average Bonchev–Trinajstić information content (AvgIpc) is 2.88. The third-order valence-electron chi connectivity index (χ3n) is 5.18. The van der Waals surface area contributed by atoms with Crippen molar-refractivity contribution in [1.29, 1.82) is 5.26 Å². The number of rotatable bonds is 9. The van der Waals surface area contributed by atoms with Crippen molar-refractivity contribution in [3.05, 3.63) is 102 Å². The molecule has 7 nitrogen and oxygen atoms in total. The maximum Gasteiger partial charge on any atom is 0.214 e. The normalized spacial score (nSPS) is 10.4. The first-order valence-corrected chi connectivity index (χ1v) is 10.6. The van der Waals surface area contributed by atoms with Gasteiger partial charge in [-0.25, -0.2) is 9.37 Å². The third kappa shape index (κ3) is 5.40. The number of benzene rings is 2. The predicted octanol–water partition coefficient (Wildman–Crippen LogP) is 4.37. The molecule has 0 unspecified atom stereocenters. The molecule has 8 heteroatoms. The first-order valence-electron chi connectivity index (χ1n) is 10.6. The zero-order valence-electron chi connectivity index (χ0n) is 18.2. The Labute approximate surface area is 196 Å². The molecule has 34 heavy (non-hydrogen) atoms. The van der Waals surface area contributed by atoms with Gasteiger partial charge in [0.05, 0.1) is 41.4 Å². The second-order valence-electron chi connectivity index (χ2n) is 7.46. The second-order valence-corrected chi connectivity index (χ2v) is 7.46. The summed E-state index contributed by atoms with van der Waals surface area (Å²) >= 11 is 0. The molecule has 1 amide bonds. The number of pyridine rings is 1. The van der Waals surface area contributed by atoms with E-state index in [4.69, 9.17) is 4.98 Å². The molecule has 0 fully saturated rings. The van der Waals surface area contributed by atoms with Gasteiger partial charge in [0.25, 0.3) is 0 Å². The lowest BCUT2D eigenvalue weighted by atomic mass is 10.0. The van der Waals surface area contributed by atoms with E-state index in [1.54, 1.807) is 48.9 Å². The van der Waals surface area contributed by atoms with Crippen LogP contribution in [0.3, 0.4) is 0 Å². The van der Waals surface area contributed by atoms with Gasteiger partial charge in [0.15, 0.2) is 5.82 Å². The number of nitrogens with one attached hydrogen (secondary N) is 1. The summed E-state index contributed by atoms with van der Waals surface area (Å²) < 4.78 is 13.5. The molecule has 2 aromatic carbocycles. The van der Waals surface area contributed by atoms with Crippen molar-refractivity contribution in [2.75, 3.05) is 16.8 Å². The number of hydrogen-bond donors (Lipinski definition) is 1. The number of amides is 1. The third-order valence-corrected chi connectivity index (χ3v) is 5.18. The van der Waals surface area contributed by atoms with Gasteiger partial charge in [0, 0.05) is 24.5 Å². The van der Waals surface area contributed by atoms with Crippen LogP contribution < -0.4 is 10.2 Å². The number of aromatic nitrogens is 3. The number of nitriles is 1. The van der Waals surface area contributed by atoms with Crippen molar-refractivity contribution < 1.29 is 9.18 Å². The molecular weight excluding hydrogens is 431 g/mol. The predicted molar refractivity (Wildman–Crippen MR) is 127 cm³/mol. The SMILES string of the molecule is N#Cc1ccccc1-c1ccc(N(C=O)Cc2cnccn2)c(NCCc2cccc(F)c2)n1. The molecule has 2 aromatic heterocycles. The molecule has 0 radical (unpaired) electrons. The van der Waals surface area contributed by atoms with Crippen LogP contribution in [-0.2, 0) is 17.8 Å². The Hall–Kier alpha value is -4.64. The number of carbonyl (C=O) groups excluding carboxylic acids is 1. The molecule has 4 rings (SSSR count). The number of carbonyl (C=O) groups is 1. The van der Waals surface area contributed by atoms with E-state index in [-0.39, 0.29) is 12.4 Å². The van der Waals surface area contributed by atoms with Crippen LogP contribution in [0.15, 0.2) is 79.3 Å². The summed E-state index contributed by atoms with van der Waals surface area (Å²) in [6.45, 7) is 0.677. The van der Waals surface area contributed by atoms with E-state index in [2.05, 4.69) is 21.4 Å². The summed E-state index contributed by atoms with van der Waals surface area (Å²) in [6, 6.07) is 19.4. The Kier molecular flexibility index (Phi) is 7.16. The first kappa shape index (κ1) is 22.6. The number of hydrogen-bond acceptors (Lipinski definition) is 6. The summed E-state index contributed by atoms with van der Waals surface area (Å²) in [5.41, 5.74) is 3.81. The van der Waals surface area contributed by atoms with Gasteiger partial charge in [-0.05, 0) is 42.3 Å². The zero-order valence-corrected chi connectivity index (χ0v) is 18.2. The van der Waals surface area contributed by atoms with Gasteiger partial charge in [-0.1, -0.05) is 30.3 Å². The fraction of sp³-hybridized carbons (Fsp3) is 0.115. The lowest BCUT2D eigenvalue weighted by molar-refractivity contribution is -0.107. The zero-order chi connectivity index (χ0) is 23.8. The summed E-state index contributed by atoms with van der Waals surface area (Å²) in [5.74, 6) is 0.181. The molecule has 1 N–H and O–H groups in total. The number of nitrogens with zero attached hydrogens (tertiary/aromatic N) is 5. The summed E-state index contributed by atoms with van der Waals surface area (Å²) in [5, 5.41) is 12.8. The number of anilines is 2. The molecule has 168 valence electrons. The highest BCUT2D eigenvalue weighted by atomic mass is 19.1. The largest absolute Gasteiger partial charge is 0.368 e. The molecule has 0 spiro atoms. The van der Waals surface area contributed by atoms with E-state index in [9.17, 15) is 14.4 Å². The minimum Gasteiger partial charge on any atom is -0.368 e. The van der Waals surface area contributed by atoms with E-state index < -0.39 is 0 Å². The molecule has 0 aliphatic heterocycles. The molecule has 4 aromatic rings. The quantitative estimate of drug-likeness (QED) is 0.379. The van der Waals surface area contributed by atoms with Gasteiger partial charge < -0.3 is 10.2 Å². The van der Waals surface area contributed by atoms with Crippen LogP contribution in [0.1, 0.15) is 16.8 Å². The molecule has 0 saturated carbocycles. The maximum atomic E-state index is 13.5. The Morgan fingerprint density at radius 2 is 1.97 bits per heavy atom. The topological polar surface area (TPSA) is 94.8 Å². The Balaban J connectivity index is 1.66. The molecule has 0 aliphatic carbocycles. The minimum absolute atomic E-state index is 0.214. The summed E-state index contributed by atoms with van der Waals surface area (Å²) in [6.07, 6.45) is 6.00. The van der Waals surface area contributed by atoms with Gasteiger partial charge in [0.2, 0.25) is 6.41 Å². The maximum absolute atomic E-state index is 13.5. The molecular formula is C26H21FN6O. The van der Waals surface area contributed by atoms with Crippen molar-refractivity contribution >= 4 is 17.9 Å². The van der Waals surface area contributed by atoms with E-state index in [0.29, 0.717) is 53.4 Å². The van der Waals surface area contributed by atoms with Crippen LogP contribution in [0.2, 0.25) is 0 Å². The monoisotopic (exact) mass is 452 g/mol. The van der Waals surface area contributed by atoms with Crippen LogP contribution in [0.5, 0.6) is 0 Å². The molecule has 2 heterocycles. The average molecular weight is 452 g/mol.